The molecule has 6 aromatic rings. The minimum absolute atomic E-state index is 0.000275. The summed E-state index contributed by atoms with van der Waals surface area (Å²) in [6.45, 7) is 11.3. The normalized spacial score (nSPS) is 21.4. The number of anilines is 2. The fraction of sp³-hybridized carbons (Fsp3) is 0.471. The summed E-state index contributed by atoms with van der Waals surface area (Å²) in [5.41, 5.74) is -0.601. The second kappa shape index (κ2) is 18.8. The van der Waals surface area contributed by atoms with E-state index in [2.05, 4.69) is 29.7 Å². The highest BCUT2D eigenvalue weighted by molar-refractivity contribution is 6.01. The summed E-state index contributed by atoms with van der Waals surface area (Å²) in [4.78, 5) is 49.1. The molecule has 358 valence electrons. The van der Waals surface area contributed by atoms with Gasteiger partial charge in [-0.25, -0.2) is 18.0 Å². The van der Waals surface area contributed by atoms with Crippen molar-refractivity contribution in [1.29, 1.82) is 0 Å². The first-order chi connectivity index (χ1) is 32.8. The van der Waals surface area contributed by atoms with E-state index in [0.717, 1.165) is 77.9 Å². The van der Waals surface area contributed by atoms with E-state index in [4.69, 9.17) is 9.72 Å². The van der Waals surface area contributed by atoms with Crippen molar-refractivity contribution in [3.8, 4) is 28.7 Å². The van der Waals surface area contributed by atoms with Crippen LogP contribution in [-0.4, -0.2) is 122 Å². The predicted octanol–water partition coefficient (Wildman–Crippen LogP) is 6.80. The number of β-amino-alcohol motifs (C(OH)–C–C–N with tert-alkyl or cyclic N) is 1. The van der Waals surface area contributed by atoms with E-state index in [9.17, 15) is 19.8 Å². The minimum Gasteiger partial charge on any atom is -0.508 e. The number of aromatic nitrogens is 5. The average molecular weight is 934 g/mol. The van der Waals surface area contributed by atoms with Crippen LogP contribution in [0.5, 0.6) is 11.8 Å². The first-order valence-electron chi connectivity index (χ1n) is 24.0. The molecule has 0 aliphatic carbocycles. The largest absolute Gasteiger partial charge is 0.508 e. The number of nitrogens with one attached hydrogen (secondary N) is 1. The zero-order valence-corrected chi connectivity index (χ0v) is 38.6. The number of piperidine rings is 3. The number of ether oxygens (including phenoxy) is 1. The number of H-pyrrole nitrogens is 1. The Morgan fingerprint density at radius 3 is 2.43 bits per heavy atom. The second-order valence-electron chi connectivity index (χ2n) is 19.5. The number of aryl methyl sites for hydroxylation is 1. The van der Waals surface area contributed by atoms with Crippen molar-refractivity contribution in [2.24, 2.45) is 11.8 Å². The molecule has 10 rings (SSSR count). The highest BCUT2D eigenvalue weighted by Gasteiger charge is 2.34. The lowest BCUT2D eigenvalue weighted by Gasteiger charge is -2.40. The standard InChI is InChI=1S/C51H58F3N9O5/c1-3-37-40(52)7-5-33-23-36(64)25-38(44(33)37)46-45(54)47-39(26-55-46)48(62-16-4-15-51(2,67)30-62)58-49(57-47)68-29-32-11-21-61(28-32)34-12-17-59(18-13-34)27-31-9-19-60(20-10-31)42-8-6-35(24-41(42)53)63-22-14-43(65)56-50(63)66/h5-8,14,22-26,31-32,34,64,67H,3-4,9-13,15-21,27-30H2,1-2H3,(H,56,65,66)/t32?,51-/m1/s1. The van der Waals surface area contributed by atoms with Gasteiger partial charge in [0, 0.05) is 81.3 Å². The molecule has 1 unspecified atom stereocenters. The van der Waals surface area contributed by atoms with Crippen molar-refractivity contribution in [3.63, 3.8) is 0 Å². The molecule has 0 saturated carbocycles. The third-order valence-corrected chi connectivity index (χ3v) is 14.7. The number of phenols is 1. The van der Waals surface area contributed by atoms with Crippen LogP contribution in [0.15, 0.2) is 70.5 Å². The summed E-state index contributed by atoms with van der Waals surface area (Å²) in [5.74, 6) is -0.460. The molecule has 68 heavy (non-hydrogen) atoms. The summed E-state index contributed by atoms with van der Waals surface area (Å²) < 4.78 is 55.1. The van der Waals surface area contributed by atoms with E-state index in [1.54, 1.807) is 25.1 Å². The van der Waals surface area contributed by atoms with Crippen LogP contribution in [0, 0.1) is 29.3 Å². The van der Waals surface area contributed by atoms with E-state index in [-0.39, 0.29) is 34.5 Å². The molecule has 0 bridgehead atoms. The predicted molar refractivity (Wildman–Crippen MR) is 255 cm³/mol. The lowest BCUT2D eigenvalue weighted by Crippen LogP contribution is -2.46. The number of hydrogen-bond donors (Lipinski definition) is 3. The molecule has 0 radical (unpaired) electrons. The maximum atomic E-state index is 17.1. The number of rotatable bonds is 11. The Balaban J connectivity index is 0.771. The number of aliphatic hydroxyl groups is 1. The fourth-order valence-corrected chi connectivity index (χ4v) is 11.2. The Bertz CT molecular complexity index is 2970. The Morgan fingerprint density at radius 2 is 1.68 bits per heavy atom. The summed E-state index contributed by atoms with van der Waals surface area (Å²) in [5, 5.41) is 23.2. The smallest absolute Gasteiger partial charge is 0.332 e. The van der Waals surface area contributed by atoms with E-state index < -0.39 is 34.3 Å². The monoisotopic (exact) mass is 933 g/mol. The number of benzene rings is 3. The highest BCUT2D eigenvalue weighted by Crippen LogP contribution is 2.40. The SMILES string of the molecule is CCc1c(F)ccc2cc(O)cc(-c3ncc4c(N5CCC[C@@](C)(O)C5)nc(OCC5CCN(C6CCN(CC7CCN(c8ccc(-n9ccc(=O)[nH]c9=O)cc8F)CC7)CC6)C5)nc4c3F)c12. The zero-order valence-electron chi connectivity index (χ0n) is 38.6. The molecule has 2 atom stereocenters. The number of pyridine rings is 1. The number of hydrogen-bond acceptors (Lipinski definition) is 12. The maximum absolute atomic E-state index is 17.1. The topological polar surface area (TPSA) is 156 Å². The second-order valence-corrected chi connectivity index (χ2v) is 19.5. The van der Waals surface area contributed by atoms with Crippen molar-refractivity contribution in [1.82, 2.24) is 34.3 Å². The van der Waals surface area contributed by atoms with Gasteiger partial charge in [0.05, 0.1) is 29.0 Å². The van der Waals surface area contributed by atoms with Crippen LogP contribution in [0.2, 0.25) is 0 Å². The quantitative estimate of drug-likeness (QED) is 0.125. The van der Waals surface area contributed by atoms with E-state index in [1.807, 2.05) is 11.8 Å². The van der Waals surface area contributed by atoms with E-state index >= 15 is 13.2 Å². The van der Waals surface area contributed by atoms with Crippen LogP contribution in [0.3, 0.4) is 0 Å². The van der Waals surface area contributed by atoms with E-state index in [0.29, 0.717) is 89.8 Å². The molecule has 0 spiro atoms. The molecule has 14 nitrogen and oxygen atoms in total. The maximum Gasteiger partial charge on any atom is 0.332 e. The molecule has 4 aliphatic rings. The van der Waals surface area contributed by atoms with Gasteiger partial charge < -0.3 is 29.6 Å². The van der Waals surface area contributed by atoms with Gasteiger partial charge in [-0.15, -0.1) is 0 Å². The number of phenolic OH excluding ortho intramolecular Hbond substituents is 1. The molecule has 4 fully saturated rings. The van der Waals surface area contributed by atoms with Crippen molar-refractivity contribution in [2.45, 2.75) is 76.9 Å². The summed E-state index contributed by atoms with van der Waals surface area (Å²) in [6, 6.07) is 12.4. The third-order valence-electron chi connectivity index (χ3n) is 14.7. The molecule has 3 aromatic heterocycles. The lowest BCUT2D eigenvalue weighted by molar-refractivity contribution is 0.0447. The van der Waals surface area contributed by atoms with E-state index in [1.165, 1.54) is 47.3 Å². The molecule has 4 aliphatic heterocycles. The van der Waals surface area contributed by atoms with Crippen LogP contribution in [0.1, 0.15) is 64.4 Å². The number of halogens is 3. The Kier molecular flexibility index (Phi) is 12.6. The van der Waals surface area contributed by atoms with Crippen molar-refractivity contribution >= 4 is 33.2 Å². The molecule has 3 N–H and O–H groups in total. The minimum atomic E-state index is -0.970. The van der Waals surface area contributed by atoms with Gasteiger partial charge in [0.15, 0.2) is 5.82 Å². The summed E-state index contributed by atoms with van der Waals surface area (Å²) in [7, 11) is 0. The lowest BCUT2D eigenvalue weighted by atomic mass is 9.94. The van der Waals surface area contributed by atoms with Crippen molar-refractivity contribution in [3.05, 3.63) is 105 Å². The Morgan fingerprint density at radius 1 is 0.882 bits per heavy atom. The number of nitrogens with zero attached hydrogens (tertiary/aromatic N) is 8. The van der Waals surface area contributed by atoms with Crippen LogP contribution in [0.4, 0.5) is 24.7 Å². The van der Waals surface area contributed by atoms with Crippen LogP contribution in [-0.2, 0) is 6.42 Å². The molecule has 0 amide bonds. The van der Waals surface area contributed by atoms with Crippen LogP contribution >= 0.6 is 0 Å². The zero-order chi connectivity index (χ0) is 47.3. The fourth-order valence-electron chi connectivity index (χ4n) is 11.2. The number of likely N-dealkylation sites (tertiary alicyclic amines) is 2. The van der Waals surface area contributed by atoms with Gasteiger partial charge in [0.1, 0.15) is 34.4 Å². The molecular weight excluding hydrogens is 876 g/mol. The molecule has 17 heteroatoms. The van der Waals surface area contributed by atoms with Crippen LogP contribution < -0.4 is 25.8 Å². The first kappa shape index (κ1) is 45.7. The molecule has 4 saturated heterocycles. The third kappa shape index (κ3) is 9.27. The average Bonchev–Trinajstić information content (AvgIpc) is 3.80. The Hall–Kier alpha value is -6.04. The van der Waals surface area contributed by atoms with Gasteiger partial charge in [-0.05, 0) is 131 Å². The first-order valence-corrected chi connectivity index (χ1v) is 24.0. The molecule has 7 heterocycles. The van der Waals surface area contributed by atoms with Crippen LogP contribution in [0.25, 0.3) is 38.6 Å². The molecular formula is C51H58F3N9O5. The Labute approximate surface area is 392 Å². The van der Waals surface area contributed by atoms with Gasteiger partial charge in [0.2, 0.25) is 0 Å². The van der Waals surface area contributed by atoms with Gasteiger partial charge in [-0.1, -0.05) is 13.0 Å². The van der Waals surface area contributed by atoms with Crippen molar-refractivity contribution < 1.29 is 28.1 Å². The molecule has 3 aromatic carbocycles. The number of fused-ring (bicyclic) bond motifs is 2. The summed E-state index contributed by atoms with van der Waals surface area (Å²) in [6.07, 6.45) is 9.61. The van der Waals surface area contributed by atoms with Gasteiger partial charge in [-0.3, -0.25) is 24.2 Å². The summed E-state index contributed by atoms with van der Waals surface area (Å²) >= 11 is 0. The number of aromatic hydroxyl groups is 1. The van der Waals surface area contributed by atoms with Gasteiger partial charge >= 0.3 is 11.7 Å². The highest BCUT2D eigenvalue weighted by atomic mass is 19.1. The van der Waals surface area contributed by atoms with Gasteiger partial charge in [-0.2, -0.15) is 9.97 Å². The number of aromatic amines is 1. The van der Waals surface area contributed by atoms with Crippen molar-refractivity contribution in [2.75, 3.05) is 75.3 Å². The van der Waals surface area contributed by atoms with Gasteiger partial charge in [0.25, 0.3) is 5.56 Å².